The number of aromatic amines is 2. The minimum absolute atomic E-state index is 0.247. The second-order valence-corrected chi connectivity index (χ2v) is 6.03. The SMILES string of the molecule is NC1(C(=O)Nc2cc3[nH]c(=O)[nH]c3cc2Br)CCOCC1. The third-order valence-corrected chi connectivity index (χ3v) is 4.35. The molecule has 3 rings (SSSR count). The molecule has 2 heterocycles. The van der Waals surface area contributed by atoms with Crippen LogP contribution >= 0.6 is 15.9 Å². The van der Waals surface area contributed by atoms with Gasteiger partial charge < -0.3 is 25.8 Å². The number of hydrogen-bond donors (Lipinski definition) is 4. The number of anilines is 1. The molecule has 1 saturated heterocycles. The van der Waals surface area contributed by atoms with Crippen molar-refractivity contribution in [3.63, 3.8) is 0 Å². The number of carbonyl (C=O) groups excluding carboxylic acids is 1. The van der Waals surface area contributed by atoms with Crippen LogP contribution < -0.4 is 16.7 Å². The molecule has 5 N–H and O–H groups in total. The van der Waals surface area contributed by atoms with E-state index in [2.05, 4.69) is 31.2 Å². The molecule has 1 fully saturated rings. The third-order valence-electron chi connectivity index (χ3n) is 3.69. The van der Waals surface area contributed by atoms with Gasteiger partial charge in [0.2, 0.25) is 5.91 Å². The minimum atomic E-state index is -0.918. The van der Waals surface area contributed by atoms with E-state index in [1.54, 1.807) is 12.1 Å². The van der Waals surface area contributed by atoms with Gasteiger partial charge in [0.25, 0.3) is 0 Å². The van der Waals surface area contributed by atoms with Gasteiger partial charge in [0.05, 0.1) is 16.7 Å². The highest BCUT2D eigenvalue weighted by molar-refractivity contribution is 9.10. The number of carbonyl (C=O) groups is 1. The van der Waals surface area contributed by atoms with Crippen LogP contribution in [0, 0.1) is 0 Å². The number of ether oxygens (including phenoxy) is 1. The van der Waals surface area contributed by atoms with E-state index in [0.717, 1.165) is 0 Å². The summed E-state index contributed by atoms with van der Waals surface area (Å²) in [7, 11) is 0. The average Bonchev–Trinajstić information content (AvgIpc) is 2.79. The van der Waals surface area contributed by atoms with Crippen molar-refractivity contribution in [2.24, 2.45) is 5.73 Å². The number of hydrogen-bond acceptors (Lipinski definition) is 4. The number of H-pyrrole nitrogens is 2. The monoisotopic (exact) mass is 354 g/mol. The summed E-state index contributed by atoms with van der Waals surface area (Å²) >= 11 is 3.38. The van der Waals surface area contributed by atoms with Gasteiger partial charge >= 0.3 is 5.69 Å². The van der Waals surface area contributed by atoms with Crippen molar-refractivity contribution >= 4 is 38.6 Å². The van der Waals surface area contributed by atoms with Crippen LogP contribution in [-0.4, -0.2) is 34.6 Å². The Bertz CT molecular complexity index is 745. The minimum Gasteiger partial charge on any atom is -0.381 e. The van der Waals surface area contributed by atoms with Crippen LogP contribution in [0.15, 0.2) is 21.4 Å². The number of nitrogens with two attached hydrogens (primary N) is 1. The summed E-state index contributed by atoms with van der Waals surface area (Å²) in [4.78, 5) is 29.0. The zero-order chi connectivity index (χ0) is 15.0. The Hall–Kier alpha value is -1.64. The standard InChI is InChI=1S/C13H15BrN4O3/c14-7-5-9-10(18-12(20)17-9)6-8(7)16-11(19)13(15)1-3-21-4-2-13/h5-6H,1-4,15H2,(H,16,19)(H2,17,18,20). The summed E-state index contributed by atoms with van der Waals surface area (Å²) in [6.45, 7) is 0.963. The number of nitrogens with one attached hydrogen (secondary N) is 3. The lowest BCUT2D eigenvalue weighted by molar-refractivity contribution is -0.124. The first kappa shape index (κ1) is 14.3. The quantitative estimate of drug-likeness (QED) is 0.645. The molecule has 1 aliphatic heterocycles. The molecule has 0 spiro atoms. The number of fused-ring (bicyclic) bond motifs is 1. The molecular weight excluding hydrogens is 340 g/mol. The van der Waals surface area contributed by atoms with Gasteiger partial charge in [-0.3, -0.25) is 4.79 Å². The molecule has 0 unspecified atom stereocenters. The van der Waals surface area contributed by atoms with Crippen molar-refractivity contribution in [3.05, 3.63) is 27.1 Å². The van der Waals surface area contributed by atoms with Crippen molar-refractivity contribution in [2.45, 2.75) is 18.4 Å². The molecule has 21 heavy (non-hydrogen) atoms. The Labute approximate surface area is 128 Å². The van der Waals surface area contributed by atoms with Crippen LogP contribution in [-0.2, 0) is 9.53 Å². The molecule has 1 aromatic heterocycles. The lowest BCUT2D eigenvalue weighted by Crippen LogP contribution is -2.54. The zero-order valence-corrected chi connectivity index (χ0v) is 12.7. The Morgan fingerprint density at radius 2 is 1.90 bits per heavy atom. The summed E-state index contributed by atoms with van der Waals surface area (Å²) in [6, 6.07) is 3.42. The van der Waals surface area contributed by atoms with E-state index in [9.17, 15) is 9.59 Å². The van der Waals surface area contributed by atoms with E-state index < -0.39 is 5.54 Å². The average molecular weight is 355 g/mol. The molecule has 2 aromatic rings. The van der Waals surface area contributed by atoms with Gasteiger partial charge in [0.1, 0.15) is 5.54 Å². The van der Waals surface area contributed by atoms with Crippen LogP contribution in [0.25, 0.3) is 11.0 Å². The fraction of sp³-hybridized carbons (Fsp3) is 0.385. The van der Waals surface area contributed by atoms with Gasteiger partial charge in [-0.25, -0.2) is 4.79 Å². The Morgan fingerprint density at radius 3 is 2.57 bits per heavy atom. The van der Waals surface area contributed by atoms with Gasteiger partial charge in [0.15, 0.2) is 0 Å². The summed E-state index contributed by atoms with van der Waals surface area (Å²) in [5.41, 5.74) is 6.79. The normalized spacial score (nSPS) is 17.8. The molecule has 0 saturated carbocycles. The lowest BCUT2D eigenvalue weighted by atomic mass is 9.90. The van der Waals surface area contributed by atoms with E-state index in [4.69, 9.17) is 10.5 Å². The summed E-state index contributed by atoms with van der Waals surface area (Å²) in [5.74, 6) is -0.247. The van der Waals surface area contributed by atoms with Crippen LogP contribution in [0.3, 0.4) is 0 Å². The molecule has 8 heteroatoms. The first-order valence-corrected chi connectivity index (χ1v) is 7.37. The topological polar surface area (TPSA) is 113 Å². The van der Waals surface area contributed by atoms with E-state index in [-0.39, 0.29) is 11.6 Å². The van der Waals surface area contributed by atoms with Gasteiger partial charge in [-0.1, -0.05) is 0 Å². The zero-order valence-electron chi connectivity index (χ0n) is 11.2. The first-order chi connectivity index (χ1) is 9.98. The van der Waals surface area contributed by atoms with Gasteiger partial charge in [-0.2, -0.15) is 0 Å². The fourth-order valence-electron chi connectivity index (χ4n) is 2.36. The van der Waals surface area contributed by atoms with Crippen molar-refractivity contribution in [2.75, 3.05) is 18.5 Å². The molecule has 0 aliphatic carbocycles. The van der Waals surface area contributed by atoms with Crippen LogP contribution in [0.1, 0.15) is 12.8 Å². The maximum absolute atomic E-state index is 12.4. The van der Waals surface area contributed by atoms with Crippen LogP contribution in [0.5, 0.6) is 0 Å². The Morgan fingerprint density at radius 1 is 1.29 bits per heavy atom. The van der Waals surface area contributed by atoms with Gasteiger partial charge in [-0.15, -0.1) is 0 Å². The van der Waals surface area contributed by atoms with Crippen molar-refractivity contribution in [1.82, 2.24) is 9.97 Å². The summed E-state index contributed by atoms with van der Waals surface area (Å²) in [5, 5.41) is 2.82. The third kappa shape index (κ3) is 2.74. The molecule has 0 radical (unpaired) electrons. The molecule has 7 nitrogen and oxygen atoms in total. The van der Waals surface area contributed by atoms with Crippen LogP contribution in [0.4, 0.5) is 5.69 Å². The maximum atomic E-state index is 12.4. The summed E-state index contributed by atoms with van der Waals surface area (Å²) < 4.78 is 5.91. The largest absolute Gasteiger partial charge is 0.381 e. The lowest BCUT2D eigenvalue weighted by Gasteiger charge is -2.31. The number of aromatic nitrogens is 2. The Balaban J connectivity index is 1.88. The molecule has 0 atom stereocenters. The van der Waals surface area contributed by atoms with Gasteiger partial charge in [-0.05, 0) is 40.9 Å². The number of halogens is 1. The highest BCUT2D eigenvalue weighted by Gasteiger charge is 2.36. The number of amides is 1. The number of rotatable bonds is 2. The second kappa shape index (κ2) is 5.28. The smallest absolute Gasteiger partial charge is 0.323 e. The molecule has 112 valence electrons. The maximum Gasteiger partial charge on any atom is 0.323 e. The van der Waals surface area contributed by atoms with Crippen molar-refractivity contribution in [3.8, 4) is 0 Å². The highest BCUT2D eigenvalue weighted by atomic mass is 79.9. The first-order valence-electron chi connectivity index (χ1n) is 6.58. The van der Waals surface area contributed by atoms with E-state index in [0.29, 0.717) is 47.2 Å². The van der Waals surface area contributed by atoms with E-state index >= 15 is 0 Å². The van der Waals surface area contributed by atoms with E-state index in [1.807, 2.05) is 0 Å². The molecule has 1 aliphatic rings. The van der Waals surface area contributed by atoms with Crippen molar-refractivity contribution < 1.29 is 9.53 Å². The second-order valence-electron chi connectivity index (χ2n) is 5.18. The molecule has 0 bridgehead atoms. The Kier molecular flexibility index (Phi) is 3.60. The predicted octanol–water partition coefficient (Wildman–Crippen LogP) is 1.07. The fourth-order valence-corrected chi connectivity index (χ4v) is 2.80. The number of benzene rings is 1. The summed E-state index contributed by atoms with van der Waals surface area (Å²) in [6.07, 6.45) is 0.972. The molecule has 1 amide bonds. The molecular formula is C13H15BrN4O3. The molecule has 1 aromatic carbocycles. The number of imidazole rings is 1. The van der Waals surface area contributed by atoms with Crippen molar-refractivity contribution in [1.29, 1.82) is 0 Å². The van der Waals surface area contributed by atoms with Crippen LogP contribution in [0.2, 0.25) is 0 Å². The van der Waals surface area contributed by atoms with E-state index in [1.165, 1.54) is 0 Å². The highest BCUT2D eigenvalue weighted by Crippen LogP contribution is 2.28. The predicted molar refractivity (Wildman–Crippen MR) is 82.2 cm³/mol. The van der Waals surface area contributed by atoms with Gasteiger partial charge in [0, 0.05) is 17.7 Å².